The summed E-state index contributed by atoms with van der Waals surface area (Å²) in [4.78, 5) is 49.6. The van der Waals surface area contributed by atoms with Crippen molar-refractivity contribution in [3.05, 3.63) is 0 Å². The van der Waals surface area contributed by atoms with E-state index >= 15 is 0 Å². The smallest absolute Gasteiger partial charge is 0.397 e. The molecule has 20 N–H and O–H groups in total. The highest BCUT2D eigenvalue weighted by atomic mass is 32.3. The van der Waals surface area contributed by atoms with Crippen LogP contribution in [0.25, 0.3) is 0 Å². The van der Waals surface area contributed by atoms with Crippen LogP contribution in [0.4, 0.5) is 0 Å². The van der Waals surface area contributed by atoms with E-state index in [0.29, 0.717) is 0 Å². The summed E-state index contributed by atoms with van der Waals surface area (Å²) in [5, 5.41) is 178. The Balaban J connectivity index is 1.61. The number of aliphatic carboxylic acids is 1. The predicted octanol–water partition coefficient (Wildman–Crippen LogP) is -12.8. The molecule has 75 heavy (non-hydrogen) atoms. The summed E-state index contributed by atoms with van der Waals surface area (Å²) in [6.07, 6.45) is -46.1. The zero-order chi connectivity index (χ0) is 56.6. The summed E-state index contributed by atoms with van der Waals surface area (Å²) in [6, 6.07) is -5.26. The second-order valence-electron chi connectivity index (χ2n) is 17.9. The average molecular weight is 1120 g/mol. The van der Waals surface area contributed by atoms with Gasteiger partial charge >= 0.3 is 16.4 Å². The lowest BCUT2D eigenvalue weighted by Gasteiger charge is -2.50. The maximum atomic E-state index is 13.0. The van der Waals surface area contributed by atoms with Crippen LogP contribution in [-0.4, -0.2) is 311 Å². The standard InChI is InChI=1S/C39H67N3O32S/c1-11(48)40-14(5-43)30(70-36-28(59)33(25(56)18(7-45)67-36)73-39(38(61)62)4-15(51)21(41-12(2)49)32(72-39)23(54)16(52)6-44)24(55)17(53)10-66-35-22(42-13(3)50)27(58)31(20(9-47)69-35)71-37-29(60)34(74-75(63,64)65)26(57)19(8-46)68-37/h14-37,43-47,51-60H,4-10H2,1-3H3,(H,40,48)(H,41,49)(H,42,50)(H,61,62)(H,63,64,65)/t14-,15-,16+,17+,18+,19+,20+,21+,22+,23+,24-,25-,26-,27+,28+,29+,30+,31+,32+,33-,34-,35+,36-,37-,39-/m0/s1. The lowest BCUT2D eigenvalue weighted by Crippen LogP contribution is -2.70. The normalized spacial score (nSPS) is 39.0. The van der Waals surface area contributed by atoms with Crippen molar-refractivity contribution in [2.24, 2.45) is 0 Å². The molecule has 0 aromatic heterocycles. The maximum absolute atomic E-state index is 13.0. The van der Waals surface area contributed by atoms with E-state index in [2.05, 4.69) is 20.1 Å². The zero-order valence-corrected chi connectivity index (χ0v) is 40.8. The van der Waals surface area contributed by atoms with Crippen LogP contribution >= 0.6 is 0 Å². The molecule has 0 aromatic carbocycles. The molecule has 0 radical (unpaired) electrons. The van der Waals surface area contributed by atoms with Gasteiger partial charge in [0.25, 0.3) is 5.79 Å². The van der Waals surface area contributed by atoms with Gasteiger partial charge < -0.3 is 136 Å². The Morgan fingerprint density at radius 2 is 1.20 bits per heavy atom. The molecule has 4 saturated heterocycles. The van der Waals surface area contributed by atoms with Crippen LogP contribution in [0, 0.1) is 0 Å². The van der Waals surface area contributed by atoms with Crippen molar-refractivity contribution in [1.82, 2.24) is 16.0 Å². The van der Waals surface area contributed by atoms with Gasteiger partial charge in [0.2, 0.25) is 17.7 Å². The molecule has 0 spiro atoms. The Hall–Kier alpha value is -3.17. The van der Waals surface area contributed by atoms with E-state index in [1.165, 1.54) is 0 Å². The van der Waals surface area contributed by atoms with Crippen LogP contribution < -0.4 is 16.0 Å². The Morgan fingerprint density at radius 3 is 1.71 bits per heavy atom. The number of aliphatic hydroxyl groups excluding tert-OH is 15. The molecule has 0 saturated carbocycles. The van der Waals surface area contributed by atoms with Crippen LogP contribution in [0.5, 0.6) is 0 Å². The highest BCUT2D eigenvalue weighted by Crippen LogP contribution is 2.38. The Bertz CT molecular complexity index is 1980. The third kappa shape index (κ3) is 15.8. The number of ether oxygens (including phenoxy) is 8. The van der Waals surface area contributed by atoms with E-state index in [0.717, 1.165) is 20.8 Å². The molecule has 0 bridgehead atoms. The van der Waals surface area contributed by atoms with Crippen LogP contribution in [-0.2, 0) is 71.7 Å². The zero-order valence-electron chi connectivity index (χ0n) is 39.9. The molecule has 4 heterocycles. The molecule has 36 heteroatoms. The van der Waals surface area contributed by atoms with Gasteiger partial charge in [-0.3, -0.25) is 18.9 Å². The molecule has 0 unspecified atom stereocenters. The van der Waals surface area contributed by atoms with Gasteiger partial charge in [-0.25, -0.2) is 8.98 Å². The number of hydrogen-bond donors (Lipinski definition) is 20. The van der Waals surface area contributed by atoms with Crippen molar-refractivity contribution in [2.75, 3.05) is 39.6 Å². The summed E-state index contributed by atoms with van der Waals surface area (Å²) in [5.74, 6) is -7.97. The Labute approximate surface area is 424 Å². The summed E-state index contributed by atoms with van der Waals surface area (Å²) >= 11 is 0. The highest BCUT2D eigenvalue weighted by molar-refractivity contribution is 7.80. The maximum Gasteiger partial charge on any atom is 0.397 e. The minimum absolute atomic E-state index is 0.841. The minimum atomic E-state index is -5.37. The molecular weight excluding hydrogens is 1050 g/mol. The first-order valence-electron chi connectivity index (χ1n) is 22.8. The van der Waals surface area contributed by atoms with Crippen molar-refractivity contribution < 1.29 is 156 Å². The first-order valence-corrected chi connectivity index (χ1v) is 24.2. The number of carboxylic acids is 1. The molecule has 0 aliphatic carbocycles. The van der Waals surface area contributed by atoms with Gasteiger partial charge in [0, 0.05) is 27.2 Å². The van der Waals surface area contributed by atoms with Crippen molar-refractivity contribution in [3.8, 4) is 0 Å². The van der Waals surface area contributed by atoms with Crippen molar-refractivity contribution in [3.63, 3.8) is 0 Å². The first-order chi connectivity index (χ1) is 35.0. The predicted molar refractivity (Wildman–Crippen MR) is 231 cm³/mol. The summed E-state index contributed by atoms with van der Waals surface area (Å²) in [7, 11) is -5.37. The first kappa shape index (κ1) is 64.4. The van der Waals surface area contributed by atoms with Crippen LogP contribution in [0.3, 0.4) is 0 Å². The number of carboxylic acid groups (broad SMARTS) is 1. The summed E-state index contributed by atoms with van der Waals surface area (Å²) in [6.45, 7) is -3.87. The van der Waals surface area contributed by atoms with Gasteiger partial charge in [0.05, 0.1) is 57.8 Å². The molecule has 4 aliphatic heterocycles. The van der Waals surface area contributed by atoms with Crippen LogP contribution in [0.1, 0.15) is 27.2 Å². The fourth-order valence-corrected chi connectivity index (χ4v) is 9.19. The lowest BCUT2D eigenvalue weighted by atomic mass is 9.88. The fourth-order valence-electron chi connectivity index (χ4n) is 8.69. The number of carbonyl (C=O) groups excluding carboxylic acids is 3. The molecule has 4 rings (SSSR count). The van der Waals surface area contributed by atoms with E-state index in [-0.39, 0.29) is 0 Å². The summed E-state index contributed by atoms with van der Waals surface area (Å²) in [5.41, 5.74) is 0. The van der Waals surface area contributed by atoms with Gasteiger partial charge in [-0.1, -0.05) is 0 Å². The molecule has 4 aliphatic rings. The second kappa shape index (κ2) is 27.6. The molecule has 3 amide bonds. The Kier molecular flexibility index (Phi) is 23.7. The molecule has 25 atom stereocenters. The van der Waals surface area contributed by atoms with E-state index in [1.807, 2.05) is 0 Å². The summed E-state index contributed by atoms with van der Waals surface area (Å²) < 4.78 is 81.3. The van der Waals surface area contributed by atoms with Crippen molar-refractivity contribution >= 4 is 34.1 Å². The number of carbonyl (C=O) groups is 4. The number of hydrogen-bond acceptors (Lipinski definition) is 30. The third-order valence-corrected chi connectivity index (χ3v) is 12.8. The number of rotatable bonds is 25. The van der Waals surface area contributed by atoms with Gasteiger partial charge in [-0.2, -0.15) is 8.42 Å². The van der Waals surface area contributed by atoms with Crippen molar-refractivity contribution in [2.45, 2.75) is 180 Å². The van der Waals surface area contributed by atoms with Gasteiger partial charge in [0.15, 0.2) is 18.9 Å². The fraction of sp³-hybridized carbons (Fsp3) is 0.897. The molecule has 436 valence electrons. The monoisotopic (exact) mass is 1120 g/mol. The quantitative estimate of drug-likeness (QED) is 0.0378. The van der Waals surface area contributed by atoms with E-state index in [1.54, 1.807) is 0 Å². The molecule has 4 fully saturated rings. The second-order valence-corrected chi connectivity index (χ2v) is 18.9. The largest absolute Gasteiger partial charge is 0.477 e. The molecular formula is C39H67N3O32S. The molecule has 0 aromatic rings. The van der Waals surface area contributed by atoms with E-state index < -0.39 is 233 Å². The van der Waals surface area contributed by atoms with Crippen LogP contribution in [0.15, 0.2) is 0 Å². The molecule has 35 nitrogen and oxygen atoms in total. The third-order valence-electron chi connectivity index (χ3n) is 12.3. The Morgan fingerprint density at radius 1 is 0.667 bits per heavy atom. The van der Waals surface area contributed by atoms with Gasteiger partial charge in [-0.15, -0.1) is 0 Å². The highest BCUT2D eigenvalue weighted by Gasteiger charge is 2.60. The number of amides is 3. The van der Waals surface area contributed by atoms with Gasteiger partial charge in [-0.05, 0) is 0 Å². The van der Waals surface area contributed by atoms with E-state index in [4.69, 9.17) is 37.9 Å². The van der Waals surface area contributed by atoms with E-state index in [9.17, 15) is 114 Å². The average Bonchev–Trinajstić information content (AvgIpc) is 3.34. The van der Waals surface area contributed by atoms with Crippen LogP contribution in [0.2, 0.25) is 0 Å². The topological polar surface area (TPSA) is 565 Å². The number of nitrogens with one attached hydrogen (secondary N) is 3. The van der Waals surface area contributed by atoms with Crippen molar-refractivity contribution in [1.29, 1.82) is 0 Å². The van der Waals surface area contributed by atoms with Gasteiger partial charge in [0.1, 0.15) is 110 Å². The SMILES string of the molecule is CC(=O)N[C@H]1[C@H](OC[C@@H](O)[C@H](O)[C@H](O[C@@H]2O[C@H](CO)[C@H](O)[C@H](O[C@]3(C(=O)O)C[C@H](O)[C@@H](NC(C)=O)[C@H]([C@H](O)[C@H](O)CO)O3)[C@H]2O)[C@H](CO)NC(C)=O)O[C@H](CO)[C@@H](O[C@@H]2O[C@H](CO)[C@H](O)[C@H](OS(=O)(=O)O)[C@H]2O)[C@@H]1O. The lowest BCUT2D eigenvalue weighted by molar-refractivity contribution is -0.376. The minimum Gasteiger partial charge on any atom is -0.477 e. The number of aliphatic hydroxyl groups is 15.